The van der Waals surface area contributed by atoms with Crippen molar-refractivity contribution in [2.45, 2.75) is 24.9 Å². The second kappa shape index (κ2) is 7.97. The summed E-state index contributed by atoms with van der Waals surface area (Å²) in [6.45, 7) is 1.78. The number of hydrogen-bond donors (Lipinski definition) is 3. The summed E-state index contributed by atoms with van der Waals surface area (Å²) in [4.78, 5) is 16.6. The van der Waals surface area contributed by atoms with Gasteiger partial charge in [0.05, 0.1) is 23.6 Å². The third kappa shape index (κ3) is 3.33. The fraction of sp³-hybridized carbons (Fsp3) is 0.185. The summed E-state index contributed by atoms with van der Waals surface area (Å²) in [5, 5.41) is 13.8. The first kappa shape index (κ1) is 21.7. The Morgan fingerprint density at radius 1 is 1.11 bits per heavy atom. The highest BCUT2D eigenvalue weighted by atomic mass is 19.1. The molecule has 0 aliphatic carbocycles. The van der Waals surface area contributed by atoms with Crippen LogP contribution >= 0.6 is 0 Å². The Morgan fingerprint density at radius 3 is 2.70 bits per heavy atom. The Balaban J connectivity index is 1.44. The quantitative estimate of drug-likeness (QED) is 0.337. The maximum Gasteiger partial charge on any atom is 0.223 e. The summed E-state index contributed by atoms with van der Waals surface area (Å²) in [6.07, 6.45) is 6.30. The van der Waals surface area contributed by atoms with Crippen LogP contribution in [-0.2, 0) is 19.0 Å². The predicted molar refractivity (Wildman–Crippen MR) is 134 cm³/mol. The van der Waals surface area contributed by atoms with Gasteiger partial charge in [0, 0.05) is 48.4 Å². The van der Waals surface area contributed by atoms with E-state index in [1.54, 1.807) is 23.7 Å². The molecule has 6 aromatic rings. The average Bonchev–Trinajstić information content (AvgIpc) is 3.70. The Labute approximate surface area is 210 Å². The number of halogens is 1. The zero-order chi connectivity index (χ0) is 25.1. The van der Waals surface area contributed by atoms with Crippen LogP contribution < -0.4 is 5.32 Å². The van der Waals surface area contributed by atoms with Gasteiger partial charge in [0.1, 0.15) is 11.6 Å². The highest BCUT2D eigenvalue weighted by Gasteiger charge is 2.50. The van der Waals surface area contributed by atoms with Crippen LogP contribution in [0.25, 0.3) is 22.2 Å². The van der Waals surface area contributed by atoms with Gasteiger partial charge in [-0.1, -0.05) is 23.4 Å². The molecule has 0 amide bonds. The van der Waals surface area contributed by atoms with Gasteiger partial charge >= 0.3 is 0 Å². The fourth-order valence-corrected chi connectivity index (χ4v) is 5.37. The molecule has 7 rings (SSSR count). The summed E-state index contributed by atoms with van der Waals surface area (Å²) in [7, 11) is 1.88. The lowest BCUT2D eigenvalue weighted by Crippen LogP contribution is -2.51. The molecular formula is C27H23FN8O. The van der Waals surface area contributed by atoms with Crippen molar-refractivity contribution < 1.29 is 8.91 Å². The lowest BCUT2D eigenvalue weighted by Gasteiger charge is -2.39. The van der Waals surface area contributed by atoms with Crippen molar-refractivity contribution in [2.75, 3.05) is 0 Å². The van der Waals surface area contributed by atoms with Crippen LogP contribution in [0, 0.1) is 12.7 Å². The molecule has 0 radical (unpaired) electrons. The molecule has 2 atom stereocenters. The van der Waals surface area contributed by atoms with Crippen molar-refractivity contribution in [3.8, 4) is 11.3 Å². The molecule has 0 spiro atoms. The molecule has 1 aliphatic heterocycles. The number of aromatic amines is 2. The van der Waals surface area contributed by atoms with E-state index in [1.807, 2.05) is 37.8 Å². The van der Waals surface area contributed by atoms with Gasteiger partial charge < -0.3 is 14.5 Å². The second-order valence-corrected chi connectivity index (χ2v) is 9.39. The summed E-state index contributed by atoms with van der Waals surface area (Å²) < 4.78 is 20.7. The van der Waals surface area contributed by atoms with Gasteiger partial charge in [0.25, 0.3) is 0 Å². The molecule has 3 N–H and O–H groups in total. The number of H-pyrrole nitrogens is 2. The first-order chi connectivity index (χ1) is 18.0. The van der Waals surface area contributed by atoms with E-state index in [4.69, 9.17) is 9.51 Å². The highest BCUT2D eigenvalue weighted by molar-refractivity contribution is 5.86. The van der Waals surface area contributed by atoms with Crippen molar-refractivity contribution in [1.29, 1.82) is 0 Å². The van der Waals surface area contributed by atoms with Gasteiger partial charge in [0.15, 0.2) is 5.54 Å². The van der Waals surface area contributed by atoms with Crippen LogP contribution in [0.3, 0.4) is 0 Å². The number of para-hydroxylation sites is 1. The Bertz CT molecular complexity index is 1700. The van der Waals surface area contributed by atoms with E-state index in [0.29, 0.717) is 18.1 Å². The maximum absolute atomic E-state index is 13.5. The molecule has 10 heteroatoms. The zero-order valence-electron chi connectivity index (χ0n) is 20.2. The molecule has 2 aromatic carbocycles. The molecule has 0 bridgehead atoms. The largest absolute Gasteiger partial charge is 0.356 e. The van der Waals surface area contributed by atoms with Gasteiger partial charge in [-0.3, -0.25) is 10.00 Å². The first-order valence-corrected chi connectivity index (χ1v) is 12.0. The van der Waals surface area contributed by atoms with E-state index in [9.17, 15) is 4.39 Å². The minimum atomic E-state index is -0.966. The standard InChI is InChI=1S/C27H23FN8O/c1-15-31-26(35-37-15)27(17-12-30-36(2)14-17)24-20(19-5-3-4-6-21(19)32-24)11-22(34-27)25-29-13-23(33-25)16-7-9-18(28)10-8-16/h3-10,12-14,22,32,34H,11H2,1-2H3,(H,29,33)/t22-,27?/m1/s1. The van der Waals surface area contributed by atoms with Crippen LogP contribution in [0.1, 0.15) is 40.4 Å². The van der Waals surface area contributed by atoms with Crippen molar-refractivity contribution >= 4 is 10.9 Å². The molecule has 4 aromatic heterocycles. The lowest BCUT2D eigenvalue weighted by atomic mass is 9.79. The molecule has 1 aliphatic rings. The second-order valence-electron chi connectivity index (χ2n) is 9.39. The average molecular weight is 495 g/mol. The molecule has 0 saturated carbocycles. The maximum atomic E-state index is 13.5. The summed E-state index contributed by atoms with van der Waals surface area (Å²) in [6, 6.07) is 14.3. The minimum absolute atomic E-state index is 0.222. The number of imidazole rings is 1. The zero-order valence-corrected chi connectivity index (χ0v) is 20.2. The third-order valence-electron chi connectivity index (χ3n) is 7.06. The van der Waals surface area contributed by atoms with Crippen LogP contribution in [0.2, 0.25) is 0 Å². The predicted octanol–water partition coefficient (Wildman–Crippen LogP) is 4.30. The van der Waals surface area contributed by atoms with Crippen molar-refractivity contribution in [3.05, 3.63) is 107 Å². The van der Waals surface area contributed by atoms with E-state index in [-0.39, 0.29) is 11.9 Å². The summed E-state index contributed by atoms with van der Waals surface area (Å²) in [5.74, 6) is 1.43. The van der Waals surface area contributed by atoms with Crippen molar-refractivity contribution in [2.24, 2.45) is 7.05 Å². The number of fused-ring (bicyclic) bond motifs is 3. The van der Waals surface area contributed by atoms with Gasteiger partial charge in [-0.2, -0.15) is 10.1 Å². The smallest absolute Gasteiger partial charge is 0.223 e. The lowest BCUT2D eigenvalue weighted by molar-refractivity contribution is 0.317. The minimum Gasteiger partial charge on any atom is -0.356 e. The van der Waals surface area contributed by atoms with Crippen LogP contribution in [0.5, 0.6) is 0 Å². The normalized spacial score (nSPS) is 19.4. The molecular weight excluding hydrogens is 471 g/mol. The Kier molecular flexibility index (Phi) is 4.67. The van der Waals surface area contributed by atoms with E-state index < -0.39 is 5.54 Å². The highest BCUT2D eigenvalue weighted by Crippen LogP contribution is 2.45. The van der Waals surface area contributed by atoms with Crippen LogP contribution in [0.15, 0.2) is 71.6 Å². The van der Waals surface area contributed by atoms with E-state index in [1.165, 1.54) is 12.1 Å². The van der Waals surface area contributed by atoms with Crippen molar-refractivity contribution in [1.82, 2.24) is 40.2 Å². The molecule has 37 heavy (non-hydrogen) atoms. The number of aryl methyl sites for hydroxylation is 2. The monoisotopic (exact) mass is 494 g/mol. The van der Waals surface area contributed by atoms with Crippen LogP contribution in [-0.4, -0.2) is 34.9 Å². The number of benzene rings is 2. The summed E-state index contributed by atoms with van der Waals surface area (Å²) >= 11 is 0. The number of nitrogens with one attached hydrogen (secondary N) is 3. The number of hydrogen-bond acceptors (Lipinski definition) is 6. The molecule has 5 heterocycles. The molecule has 1 unspecified atom stereocenters. The Hall–Kier alpha value is -4.57. The van der Waals surface area contributed by atoms with E-state index >= 15 is 0 Å². The summed E-state index contributed by atoms with van der Waals surface area (Å²) in [5.41, 5.74) is 4.60. The molecule has 0 fully saturated rings. The first-order valence-electron chi connectivity index (χ1n) is 12.0. The molecule has 9 nitrogen and oxygen atoms in total. The van der Waals surface area contributed by atoms with E-state index in [2.05, 4.69) is 42.7 Å². The van der Waals surface area contributed by atoms with Crippen LogP contribution in [0.4, 0.5) is 4.39 Å². The number of nitrogens with zero attached hydrogens (tertiary/aromatic N) is 5. The Morgan fingerprint density at radius 2 is 1.95 bits per heavy atom. The molecule has 184 valence electrons. The topological polar surface area (TPSA) is 113 Å². The number of rotatable bonds is 4. The molecule has 0 saturated heterocycles. The third-order valence-corrected chi connectivity index (χ3v) is 7.06. The fourth-order valence-electron chi connectivity index (χ4n) is 5.37. The van der Waals surface area contributed by atoms with Gasteiger partial charge in [-0.25, -0.2) is 9.37 Å². The van der Waals surface area contributed by atoms with E-state index in [0.717, 1.165) is 44.8 Å². The van der Waals surface area contributed by atoms with Gasteiger partial charge in [-0.05, 0) is 42.3 Å². The number of aromatic nitrogens is 7. The van der Waals surface area contributed by atoms with Gasteiger partial charge in [-0.15, -0.1) is 0 Å². The van der Waals surface area contributed by atoms with Crippen molar-refractivity contribution in [3.63, 3.8) is 0 Å². The SMILES string of the molecule is Cc1nc(C2(c3cnn(C)c3)N[C@@H](c3nc(-c4ccc(F)cc4)c[nH]3)Cc3c2[nH]c2ccccc32)no1. The van der Waals surface area contributed by atoms with Gasteiger partial charge in [0.2, 0.25) is 11.7 Å².